The highest BCUT2D eigenvalue weighted by Gasteiger charge is 2.43. The fourth-order valence-electron chi connectivity index (χ4n) is 2.03. The maximum atomic E-state index is 13.4. The van der Waals surface area contributed by atoms with Gasteiger partial charge in [-0.15, -0.1) is 0 Å². The van der Waals surface area contributed by atoms with Crippen LogP contribution in [-0.4, -0.2) is 12.5 Å². The van der Waals surface area contributed by atoms with Crippen LogP contribution in [-0.2, 0) is 4.79 Å². The minimum absolute atomic E-state index is 0.137. The fraction of sp³-hybridized carbons (Fsp3) is 0.417. The number of hydrogen-bond donors (Lipinski definition) is 2. The maximum absolute atomic E-state index is 13.4. The lowest BCUT2D eigenvalue weighted by atomic mass is 9.68. The van der Waals surface area contributed by atoms with E-state index in [1.54, 1.807) is 0 Å². The summed E-state index contributed by atoms with van der Waals surface area (Å²) >= 11 is 0. The number of benzene rings is 1. The van der Waals surface area contributed by atoms with Crippen molar-refractivity contribution in [2.75, 3.05) is 11.9 Å². The van der Waals surface area contributed by atoms with Gasteiger partial charge in [-0.1, -0.05) is 6.42 Å². The Labute approximate surface area is 102 Å². The monoisotopic (exact) mass is 258 g/mol. The lowest BCUT2D eigenvalue weighted by Crippen LogP contribution is -2.47. The third kappa shape index (κ3) is 2.08. The first-order chi connectivity index (χ1) is 8.48. The van der Waals surface area contributed by atoms with Crippen LogP contribution in [0.25, 0.3) is 0 Å². The molecule has 98 valence electrons. The molecule has 1 aliphatic carbocycles. The SMILES string of the molecule is NCC1(C(=O)Nc2cc(F)cc(F)c2F)CCC1. The molecule has 3 nitrogen and oxygen atoms in total. The molecule has 1 amide bonds. The molecule has 3 N–H and O–H groups in total. The van der Waals surface area contributed by atoms with E-state index in [2.05, 4.69) is 5.32 Å². The number of halogens is 3. The molecule has 0 heterocycles. The first-order valence-electron chi connectivity index (χ1n) is 5.64. The topological polar surface area (TPSA) is 55.1 Å². The van der Waals surface area contributed by atoms with Crippen LogP contribution in [0.3, 0.4) is 0 Å². The van der Waals surface area contributed by atoms with Gasteiger partial charge >= 0.3 is 0 Å². The standard InChI is InChI=1S/C12H13F3N2O/c13-7-4-8(14)10(15)9(5-7)17-11(18)12(6-16)2-1-3-12/h4-5H,1-3,6,16H2,(H,17,18). The summed E-state index contributed by atoms with van der Waals surface area (Å²) in [5.41, 5.74) is 4.30. The Bertz CT molecular complexity index is 481. The lowest BCUT2D eigenvalue weighted by Gasteiger charge is -2.39. The number of rotatable bonds is 3. The molecule has 0 spiro atoms. The van der Waals surface area contributed by atoms with Crippen LogP contribution in [0.5, 0.6) is 0 Å². The summed E-state index contributed by atoms with van der Waals surface area (Å²) in [5.74, 6) is -4.03. The van der Waals surface area contributed by atoms with Gasteiger partial charge in [-0.25, -0.2) is 13.2 Å². The van der Waals surface area contributed by atoms with Gasteiger partial charge in [0.05, 0.1) is 11.1 Å². The predicted molar refractivity (Wildman–Crippen MR) is 60.3 cm³/mol. The van der Waals surface area contributed by atoms with Crippen LogP contribution in [0.1, 0.15) is 19.3 Å². The van der Waals surface area contributed by atoms with Gasteiger partial charge in [0.25, 0.3) is 0 Å². The molecule has 1 aliphatic rings. The average molecular weight is 258 g/mol. The number of nitrogens with one attached hydrogen (secondary N) is 1. The summed E-state index contributed by atoms with van der Waals surface area (Å²) in [6.45, 7) is 0.137. The number of hydrogen-bond acceptors (Lipinski definition) is 2. The second-order valence-corrected chi connectivity index (χ2v) is 4.54. The summed E-state index contributed by atoms with van der Waals surface area (Å²) in [6.07, 6.45) is 2.08. The molecule has 18 heavy (non-hydrogen) atoms. The maximum Gasteiger partial charge on any atom is 0.231 e. The molecule has 1 aromatic rings. The zero-order chi connectivity index (χ0) is 13.3. The molecule has 0 bridgehead atoms. The number of nitrogens with two attached hydrogens (primary N) is 1. The Morgan fingerprint density at radius 2 is 2.00 bits per heavy atom. The molecule has 0 aromatic heterocycles. The van der Waals surface area contributed by atoms with Gasteiger partial charge in [0.1, 0.15) is 5.82 Å². The highest BCUT2D eigenvalue weighted by Crippen LogP contribution is 2.41. The number of anilines is 1. The minimum atomic E-state index is -1.33. The van der Waals surface area contributed by atoms with Crippen LogP contribution < -0.4 is 11.1 Å². The molecular formula is C12H13F3N2O. The molecule has 1 fully saturated rings. The predicted octanol–water partition coefficient (Wildman–Crippen LogP) is 2.17. The van der Waals surface area contributed by atoms with E-state index in [0.29, 0.717) is 18.9 Å². The van der Waals surface area contributed by atoms with Crippen LogP contribution in [0.4, 0.5) is 18.9 Å². The van der Waals surface area contributed by atoms with Gasteiger partial charge < -0.3 is 11.1 Å². The molecule has 0 atom stereocenters. The Hall–Kier alpha value is -1.56. The Balaban J connectivity index is 2.22. The van der Waals surface area contributed by atoms with Crippen molar-refractivity contribution in [1.82, 2.24) is 0 Å². The number of carbonyl (C=O) groups excluding carboxylic acids is 1. The van der Waals surface area contributed by atoms with E-state index in [1.807, 2.05) is 0 Å². The fourth-order valence-corrected chi connectivity index (χ4v) is 2.03. The lowest BCUT2D eigenvalue weighted by molar-refractivity contribution is -0.129. The molecule has 1 aromatic carbocycles. The largest absolute Gasteiger partial charge is 0.329 e. The Morgan fingerprint density at radius 3 is 2.50 bits per heavy atom. The quantitative estimate of drug-likeness (QED) is 0.816. The van der Waals surface area contributed by atoms with Crippen molar-refractivity contribution >= 4 is 11.6 Å². The first-order valence-corrected chi connectivity index (χ1v) is 5.64. The van der Waals surface area contributed by atoms with Crippen LogP contribution in [0, 0.1) is 22.9 Å². The second kappa shape index (κ2) is 4.61. The Kier molecular flexibility index (Phi) is 3.30. The normalized spacial score (nSPS) is 17.1. The van der Waals surface area contributed by atoms with E-state index in [0.717, 1.165) is 12.5 Å². The summed E-state index contributed by atoms with van der Waals surface area (Å²) in [6, 6.07) is 1.17. The molecule has 1 saturated carbocycles. The summed E-state index contributed by atoms with van der Waals surface area (Å²) in [5, 5.41) is 2.21. The van der Waals surface area contributed by atoms with Crippen molar-refractivity contribution in [3.05, 3.63) is 29.6 Å². The molecule has 0 unspecified atom stereocenters. The summed E-state index contributed by atoms with van der Waals surface area (Å²) < 4.78 is 39.3. The average Bonchev–Trinajstić information content (AvgIpc) is 2.24. The number of amides is 1. The molecular weight excluding hydrogens is 245 g/mol. The zero-order valence-corrected chi connectivity index (χ0v) is 9.60. The van der Waals surface area contributed by atoms with Crippen LogP contribution in [0.15, 0.2) is 12.1 Å². The minimum Gasteiger partial charge on any atom is -0.329 e. The highest BCUT2D eigenvalue weighted by atomic mass is 19.2. The van der Waals surface area contributed by atoms with Crippen LogP contribution >= 0.6 is 0 Å². The van der Waals surface area contributed by atoms with E-state index in [9.17, 15) is 18.0 Å². The van der Waals surface area contributed by atoms with E-state index in [4.69, 9.17) is 5.73 Å². The van der Waals surface area contributed by atoms with Crippen molar-refractivity contribution in [1.29, 1.82) is 0 Å². The van der Waals surface area contributed by atoms with Crippen molar-refractivity contribution in [2.45, 2.75) is 19.3 Å². The first kappa shape index (κ1) is 12.9. The van der Waals surface area contributed by atoms with E-state index >= 15 is 0 Å². The third-order valence-electron chi connectivity index (χ3n) is 3.42. The van der Waals surface area contributed by atoms with E-state index < -0.39 is 34.5 Å². The van der Waals surface area contributed by atoms with Crippen LogP contribution in [0.2, 0.25) is 0 Å². The van der Waals surface area contributed by atoms with Gasteiger partial charge in [-0.3, -0.25) is 4.79 Å². The zero-order valence-electron chi connectivity index (χ0n) is 9.60. The summed E-state index contributed by atoms with van der Waals surface area (Å²) in [4.78, 5) is 11.9. The molecule has 0 radical (unpaired) electrons. The van der Waals surface area contributed by atoms with Gasteiger partial charge in [0.2, 0.25) is 5.91 Å². The van der Waals surface area contributed by atoms with Crippen molar-refractivity contribution in [2.24, 2.45) is 11.1 Å². The number of carbonyl (C=O) groups is 1. The van der Waals surface area contributed by atoms with Crippen molar-refractivity contribution < 1.29 is 18.0 Å². The van der Waals surface area contributed by atoms with Crippen molar-refractivity contribution in [3.63, 3.8) is 0 Å². The summed E-state index contributed by atoms with van der Waals surface area (Å²) in [7, 11) is 0. The molecule has 6 heteroatoms. The molecule has 0 saturated heterocycles. The highest BCUT2D eigenvalue weighted by molar-refractivity contribution is 5.96. The van der Waals surface area contributed by atoms with E-state index in [1.165, 1.54) is 0 Å². The molecule has 2 rings (SSSR count). The smallest absolute Gasteiger partial charge is 0.231 e. The van der Waals surface area contributed by atoms with Crippen molar-refractivity contribution in [3.8, 4) is 0 Å². The van der Waals surface area contributed by atoms with Gasteiger partial charge in [-0.2, -0.15) is 0 Å². The van der Waals surface area contributed by atoms with Gasteiger partial charge in [0, 0.05) is 18.7 Å². The van der Waals surface area contributed by atoms with Gasteiger partial charge in [-0.05, 0) is 12.8 Å². The van der Waals surface area contributed by atoms with E-state index in [-0.39, 0.29) is 6.54 Å². The molecule has 0 aliphatic heterocycles. The Morgan fingerprint density at radius 1 is 1.33 bits per heavy atom. The van der Waals surface area contributed by atoms with Gasteiger partial charge in [0.15, 0.2) is 11.6 Å². The second-order valence-electron chi connectivity index (χ2n) is 4.54. The third-order valence-corrected chi connectivity index (χ3v) is 3.42.